The Morgan fingerprint density at radius 2 is 2.00 bits per heavy atom. The number of nitrogens with zero attached hydrogens (tertiary/aromatic N) is 2. The second kappa shape index (κ2) is 8.54. The van der Waals surface area contributed by atoms with Gasteiger partial charge in [0.15, 0.2) is 0 Å². The number of rotatable bonds is 8. The minimum Gasteiger partial charge on any atom is -0.349 e. The van der Waals surface area contributed by atoms with Gasteiger partial charge >= 0.3 is 0 Å². The zero-order valence-electron chi connectivity index (χ0n) is 13.9. The molecule has 0 atom stereocenters. The normalized spacial score (nSPS) is 10.8. The molecule has 11 heteroatoms. The highest BCUT2D eigenvalue weighted by Gasteiger charge is 2.23. The summed E-state index contributed by atoms with van der Waals surface area (Å²) < 4.78 is 27.0. The van der Waals surface area contributed by atoms with Crippen molar-refractivity contribution in [2.45, 2.75) is 17.7 Å². The molecule has 9 nitrogen and oxygen atoms in total. The third-order valence-electron chi connectivity index (χ3n) is 3.03. The number of sulfonamides is 1. The van der Waals surface area contributed by atoms with E-state index in [9.17, 15) is 18.0 Å². The lowest BCUT2D eigenvalue weighted by atomic mass is 10.1. The van der Waals surface area contributed by atoms with Crippen molar-refractivity contribution in [1.82, 2.24) is 15.5 Å². The molecule has 2 aromatic rings. The third-order valence-corrected chi connectivity index (χ3v) is 5.60. The van der Waals surface area contributed by atoms with E-state index >= 15 is 0 Å². The Morgan fingerprint density at radius 1 is 1.27 bits per heavy atom. The number of nitrogens with one attached hydrogen (secondary N) is 3. The number of anilines is 2. The summed E-state index contributed by atoms with van der Waals surface area (Å²) in [6, 6.07) is 6.16. The van der Waals surface area contributed by atoms with Gasteiger partial charge in [0.25, 0.3) is 20.3 Å². The van der Waals surface area contributed by atoms with Crippen molar-refractivity contribution >= 4 is 44.0 Å². The second-order valence-corrected chi connectivity index (χ2v) is 7.76. The molecule has 0 aliphatic rings. The number of carbonyl (C=O) groups excluding carboxylic acids is 2. The average molecular weight is 395 g/mol. The molecule has 1 heterocycles. The highest BCUT2D eigenvalue weighted by molar-refractivity contribution is 7.94. The molecule has 1 aromatic carbocycles. The largest absolute Gasteiger partial charge is 0.349 e. The summed E-state index contributed by atoms with van der Waals surface area (Å²) in [6.07, 6.45) is 1.74. The lowest BCUT2D eigenvalue weighted by Gasteiger charge is -2.10. The minimum absolute atomic E-state index is 0.0780. The van der Waals surface area contributed by atoms with Crippen LogP contribution in [0.3, 0.4) is 0 Å². The van der Waals surface area contributed by atoms with Crippen molar-refractivity contribution < 1.29 is 18.0 Å². The number of hydrogen-bond donors (Lipinski definition) is 3. The van der Waals surface area contributed by atoms with Crippen LogP contribution >= 0.6 is 11.3 Å². The molecule has 3 N–H and O–H groups in total. The molecule has 0 fully saturated rings. The summed E-state index contributed by atoms with van der Waals surface area (Å²) in [6.45, 7) is 5.41. The topological polar surface area (TPSA) is 130 Å². The van der Waals surface area contributed by atoms with E-state index < -0.39 is 15.9 Å². The van der Waals surface area contributed by atoms with Gasteiger partial charge in [-0.25, -0.2) is 0 Å². The predicted octanol–water partition coefficient (Wildman–Crippen LogP) is 1.60. The Morgan fingerprint density at radius 3 is 2.69 bits per heavy atom. The maximum Gasteiger partial charge on any atom is 0.291 e. The van der Waals surface area contributed by atoms with Gasteiger partial charge in [-0.2, -0.15) is 8.42 Å². The molecule has 0 aliphatic carbocycles. The van der Waals surface area contributed by atoms with E-state index in [4.69, 9.17) is 0 Å². The molecular formula is C15H17N5O4S2. The smallest absolute Gasteiger partial charge is 0.291 e. The van der Waals surface area contributed by atoms with Crippen LogP contribution in [0.1, 0.15) is 23.7 Å². The SMILES string of the molecule is C=CCNC(=O)c1ccccc1NS(=O)(=O)c1nnc(NC(=O)CC)s1. The first-order valence-corrected chi connectivity index (χ1v) is 9.81. The van der Waals surface area contributed by atoms with Crippen LogP contribution in [0.2, 0.25) is 0 Å². The first kappa shape index (κ1) is 19.5. The Kier molecular flexibility index (Phi) is 6.41. The fourth-order valence-corrected chi connectivity index (χ4v) is 3.79. The standard InChI is InChI=1S/C15H17N5O4S2/c1-3-9-16-13(22)10-7-5-6-8-11(10)20-26(23,24)15-19-18-14(25-15)17-12(21)4-2/h3,5-8,20H,1,4,9H2,2H3,(H,16,22)(H,17,18,21). The first-order valence-electron chi connectivity index (χ1n) is 7.51. The molecule has 0 bridgehead atoms. The zero-order chi connectivity index (χ0) is 19.2. The van der Waals surface area contributed by atoms with Gasteiger partial charge in [0.2, 0.25) is 11.0 Å². The van der Waals surface area contributed by atoms with E-state index in [0.717, 1.165) is 0 Å². The van der Waals surface area contributed by atoms with Crippen LogP contribution in [0.4, 0.5) is 10.8 Å². The number of amides is 2. The van der Waals surface area contributed by atoms with Crippen molar-refractivity contribution in [3.63, 3.8) is 0 Å². The molecular weight excluding hydrogens is 378 g/mol. The lowest BCUT2D eigenvalue weighted by molar-refractivity contribution is -0.115. The Bertz CT molecular complexity index is 924. The van der Waals surface area contributed by atoms with Crippen LogP contribution in [-0.2, 0) is 14.8 Å². The molecule has 0 saturated carbocycles. The van der Waals surface area contributed by atoms with Gasteiger partial charge in [0, 0.05) is 13.0 Å². The molecule has 0 saturated heterocycles. The number of aromatic nitrogens is 2. The number of para-hydroxylation sites is 1. The average Bonchev–Trinajstić information content (AvgIpc) is 3.09. The van der Waals surface area contributed by atoms with Crippen molar-refractivity contribution in [3.8, 4) is 0 Å². The van der Waals surface area contributed by atoms with Crippen LogP contribution in [-0.4, -0.2) is 37.0 Å². The summed E-state index contributed by atoms with van der Waals surface area (Å²) in [5.41, 5.74) is 0.255. The molecule has 0 unspecified atom stereocenters. The maximum atomic E-state index is 12.5. The summed E-state index contributed by atoms with van der Waals surface area (Å²) in [4.78, 5) is 23.5. The highest BCUT2D eigenvalue weighted by Crippen LogP contribution is 2.24. The van der Waals surface area contributed by atoms with Gasteiger partial charge in [0.1, 0.15) is 0 Å². The van der Waals surface area contributed by atoms with Crippen molar-refractivity contribution in [2.75, 3.05) is 16.6 Å². The van der Waals surface area contributed by atoms with Crippen LogP contribution < -0.4 is 15.4 Å². The maximum absolute atomic E-state index is 12.5. The van der Waals surface area contributed by atoms with E-state index in [-0.39, 0.29) is 39.6 Å². The Balaban J connectivity index is 2.23. The van der Waals surface area contributed by atoms with E-state index in [2.05, 4.69) is 32.1 Å². The fraction of sp³-hybridized carbons (Fsp3) is 0.200. The van der Waals surface area contributed by atoms with Crippen molar-refractivity contribution in [1.29, 1.82) is 0 Å². The summed E-state index contributed by atoms with van der Waals surface area (Å²) in [5, 5.41) is 12.3. The van der Waals surface area contributed by atoms with Crippen LogP contribution in [0.5, 0.6) is 0 Å². The van der Waals surface area contributed by atoms with Crippen LogP contribution in [0.15, 0.2) is 41.3 Å². The number of hydrogen-bond acceptors (Lipinski definition) is 7. The predicted molar refractivity (Wildman–Crippen MR) is 98.6 cm³/mol. The Labute approximate surface area is 154 Å². The highest BCUT2D eigenvalue weighted by atomic mass is 32.2. The number of benzene rings is 1. The first-order chi connectivity index (χ1) is 12.4. The number of carbonyl (C=O) groups is 2. The molecule has 138 valence electrons. The molecule has 0 spiro atoms. The fourth-order valence-electron chi connectivity index (χ4n) is 1.80. The van der Waals surface area contributed by atoms with Crippen LogP contribution in [0, 0.1) is 0 Å². The summed E-state index contributed by atoms with van der Waals surface area (Å²) >= 11 is 0.712. The summed E-state index contributed by atoms with van der Waals surface area (Å²) in [5.74, 6) is -0.751. The van der Waals surface area contributed by atoms with Gasteiger partial charge in [-0.1, -0.05) is 36.5 Å². The second-order valence-electron chi connectivity index (χ2n) is 4.92. The summed E-state index contributed by atoms with van der Waals surface area (Å²) in [7, 11) is -4.07. The van der Waals surface area contributed by atoms with Gasteiger partial charge in [-0.05, 0) is 12.1 Å². The molecule has 2 rings (SSSR count). The van der Waals surface area contributed by atoms with Gasteiger partial charge < -0.3 is 10.6 Å². The minimum atomic E-state index is -4.07. The van der Waals surface area contributed by atoms with E-state index in [0.29, 0.717) is 11.3 Å². The van der Waals surface area contributed by atoms with Crippen LogP contribution in [0.25, 0.3) is 0 Å². The van der Waals surface area contributed by atoms with Gasteiger partial charge in [-0.3, -0.25) is 14.3 Å². The van der Waals surface area contributed by atoms with E-state index in [1.54, 1.807) is 19.1 Å². The molecule has 26 heavy (non-hydrogen) atoms. The third kappa shape index (κ3) is 4.86. The van der Waals surface area contributed by atoms with E-state index in [1.807, 2.05) is 0 Å². The molecule has 0 aliphatic heterocycles. The monoisotopic (exact) mass is 395 g/mol. The van der Waals surface area contributed by atoms with Crippen molar-refractivity contribution in [3.05, 3.63) is 42.5 Å². The van der Waals surface area contributed by atoms with Gasteiger partial charge in [0.05, 0.1) is 11.3 Å². The van der Waals surface area contributed by atoms with Crippen molar-refractivity contribution in [2.24, 2.45) is 0 Å². The molecule has 0 radical (unpaired) electrons. The zero-order valence-corrected chi connectivity index (χ0v) is 15.5. The quantitative estimate of drug-likeness (QED) is 0.460. The van der Waals surface area contributed by atoms with E-state index in [1.165, 1.54) is 18.2 Å². The molecule has 2 amide bonds. The lowest BCUT2D eigenvalue weighted by Crippen LogP contribution is -2.25. The molecule has 1 aromatic heterocycles. The Hall–Kier alpha value is -2.79. The van der Waals surface area contributed by atoms with Gasteiger partial charge in [-0.15, -0.1) is 16.8 Å².